The smallest absolute Gasteiger partial charge is 0.241 e. The minimum absolute atomic E-state index is 0.00612. The zero-order chi connectivity index (χ0) is 17.8. The number of aryl methyl sites for hydroxylation is 1. The third-order valence-corrected chi connectivity index (χ3v) is 5.02. The Morgan fingerprint density at radius 2 is 1.80 bits per heavy atom. The standard InChI is InChI=1S/C20H24ClN3O/c1-15-6-3-4-9-19(15)24-12-10-23(11-13-24)16(2)20(25)22-18-8-5-7-17(21)14-18/h3-9,14,16H,10-13H2,1-2H3,(H,22,25)/t16-/m1/s1. The van der Waals surface area contributed by atoms with E-state index in [-0.39, 0.29) is 11.9 Å². The third kappa shape index (κ3) is 4.33. The molecule has 1 N–H and O–H groups in total. The molecule has 5 heteroatoms. The maximum Gasteiger partial charge on any atom is 0.241 e. The molecule has 0 radical (unpaired) electrons. The van der Waals surface area contributed by atoms with Crippen molar-refractivity contribution in [1.82, 2.24) is 4.90 Å². The monoisotopic (exact) mass is 357 g/mol. The first kappa shape index (κ1) is 17.8. The number of nitrogens with one attached hydrogen (secondary N) is 1. The molecule has 132 valence electrons. The Bertz CT molecular complexity index is 741. The lowest BCUT2D eigenvalue weighted by Gasteiger charge is -2.39. The average molecular weight is 358 g/mol. The van der Waals surface area contributed by atoms with E-state index in [1.165, 1.54) is 11.3 Å². The summed E-state index contributed by atoms with van der Waals surface area (Å²) in [6.45, 7) is 7.71. The molecule has 0 aromatic heterocycles. The molecule has 1 aliphatic heterocycles. The van der Waals surface area contributed by atoms with Crippen LogP contribution in [-0.4, -0.2) is 43.0 Å². The van der Waals surface area contributed by atoms with Crippen molar-refractivity contribution < 1.29 is 4.79 Å². The number of anilines is 2. The van der Waals surface area contributed by atoms with Crippen molar-refractivity contribution in [2.45, 2.75) is 19.9 Å². The molecule has 1 fully saturated rings. The van der Waals surface area contributed by atoms with Gasteiger partial charge in [-0.15, -0.1) is 0 Å². The van der Waals surface area contributed by atoms with E-state index in [2.05, 4.69) is 46.3 Å². The molecule has 0 unspecified atom stereocenters. The number of carbonyl (C=O) groups is 1. The van der Waals surface area contributed by atoms with Gasteiger partial charge in [0.15, 0.2) is 0 Å². The summed E-state index contributed by atoms with van der Waals surface area (Å²) < 4.78 is 0. The van der Waals surface area contributed by atoms with Crippen molar-refractivity contribution >= 4 is 28.9 Å². The summed E-state index contributed by atoms with van der Waals surface area (Å²) in [6.07, 6.45) is 0. The summed E-state index contributed by atoms with van der Waals surface area (Å²) in [5.74, 6) is 0.00612. The van der Waals surface area contributed by atoms with E-state index in [4.69, 9.17) is 11.6 Å². The van der Waals surface area contributed by atoms with Crippen LogP contribution < -0.4 is 10.2 Å². The quantitative estimate of drug-likeness (QED) is 0.904. The van der Waals surface area contributed by atoms with Gasteiger partial charge in [0.2, 0.25) is 5.91 Å². The van der Waals surface area contributed by atoms with Crippen LogP contribution in [0.4, 0.5) is 11.4 Å². The van der Waals surface area contributed by atoms with E-state index in [9.17, 15) is 4.79 Å². The summed E-state index contributed by atoms with van der Waals surface area (Å²) >= 11 is 5.98. The van der Waals surface area contributed by atoms with Crippen LogP contribution in [0.1, 0.15) is 12.5 Å². The number of carbonyl (C=O) groups excluding carboxylic acids is 1. The van der Waals surface area contributed by atoms with Gasteiger partial charge in [0.05, 0.1) is 6.04 Å². The molecule has 1 saturated heterocycles. The number of hydrogen-bond acceptors (Lipinski definition) is 3. The fourth-order valence-electron chi connectivity index (χ4n) is 3.25. The van der Waals surface area contributed by atoms with Gasteiger partial charge in [0, 0.05) is 42.6 Å². The zero-order valence-electron chi connectivity index (χ0n) is 14.7. The van der Waals surface area contributed by atoms with Gasteiger partial charge >= 0.3 is 0 Å². The van der Waals surface area contributed by atoms with Crippen LogP contribution in [-0.2, 0) is 4.79 Å². The molecule has 4 nitrogen and oxygen atoms in total. The first-order chi connectivity index (χ1) is 12.0. The molecule has 0 aliphatic carbocycles. The van der Waals surface area contributed by atoms with E-state index in [1.807, 2.05) is 19.1 Å². The molecule has 25 heavy (non-hydrogen) atoms. The first-order valence-electron chi connectivity index (χ1n) is 8.65. The number of amides is 1. The lowest BCUT2D eigenvalue weighted by atomic mass is 10.1. The van der Waals surface area contributed by atoms with Crippen LogP contribution in [0.3, 0.4) is 0 Å². The highest BCUT2D eigenvalue weighted by Crippen LogP contribution is 2.22. The van der Waals surface area contributed by atoms with Crippen LogP contribution in [0.15, 0.2) is 48.5 Å². The van der Waals surface area contributed by atoms with Crippen molar-refractivity contribution in [3.05, 3.63) is 59.1 Å². The highest BCUT2D eigenvalue weighted by Gasteiger charge is 2.26. The van der Waals surface area contributed by atoms with Crippen molar-refractivity contribution in [2.24, 2.45) is 0 Å². The lowest BCUT2D eigenvalue weighted by molar-refractivity contribution is -0.120. The molecule has 1 aliphatic rings. The van der Waals surface area contributed by atoms with Crippen LogP contribution in [0.5, 0.6) is 0 Å². The Balaban J connectivity index is 1.57. The number of hydrogen-bond donors (Lipinski definition) is 1. The minimum Gasteiger partial charge on any atom is -0.369 e. The van der Waals surface area contributed by atoms with Crippen LogP contribution in [0.25, 0.3) is 0 Å². The number of nitrogens with zero attached hydrogens (tertiary/aromatic N) is 2. The Kier molecular flexibility index (Phi) is 5.61. The summed E-state index contributed by atoms with van der Waals surface area (Å²) in [7, 11) is 0. The molecule has 0 bridgehead atoms. The number of rotatable bonds is 4. The number of piperazine rings is 1. The van der Waals surface area contributed by atoms with Gasteiger partial charge in [0.25, 0.3) is 0 Å². The fourth-order valence-corrected chi connectivity index (χ4v) is 3.44. The summed E-state index contributed by atoms with van der Waals surface area (Å²) in [5.41, 5.74) is 3.32. The average Bonchev–Trinajstić information content (AvgIpc) is 2.62. The molecule has 1 atom stereocenters. The highest BCUT2D eigenvalue weighted by atomic mass is 35.5. The van der Waals surface area contributed by atoms with Crippen LogP contribution in [0, 0.1) is 6.92 Å². The van der Waals surface area contributed by atoms with Crippen molar-refractivity contribution in [3.63, 3.8) is 0 Å². The molecular formula is C20H24ClN3O. The fraction of sp³-hybridized carbons (Fsp3) is 0.350. The number of para-hydroxylation sites is 1. The molecule has 2 aromatic carbocycles. The lowest BCUT2D eigenvalue weighted by Crippen LogP contribution is -2.53. The van der Waals surface area contributed by atoms with Gasteiger partial charge in [-0.25, -0.2) is 0 Å². The number of benzene rings is 2. The first-order valence-corrected chi connectivity index (χ1v) is 9.03. The maximum absolute atomic E-state index is 12.5. The molecule has 0 spiro atoms. The van der Waals surface area contributed by atoms with Crippen molar-refractivity contribution in [3.8, 4) is 0 Å². The summed E-state index contributed by atoms with van der Waals surface area (Å²) in [6, 6.07) is 15.5. The Hall–Kier alpha value is -2.04. The normalized spacial score (nSPS) is 16.5. The SMILES string of the molecule is Cc1ccccc1N1CCN([C@H](C)C(=O)Nc2cccc(Cl)c2)CC1. The van der Waals surface area contributed by atoms with Crippen molar-refractivity contribution in [1.29, 1.82) is 0 Å². The highest BCUT2D eigenvalue weighted by molar-refractivity contribution is 6.30. The largest absolute Gasteiger partial charge is 0.369 e. The van der Waals surface area contributed by atoms with E-state index >= 15 is 0 Å². The van der Waals surface area contributed by atoms with E-state index in [1.54, 1.807) is 12.1 Å². The van der Waals surface area contributed by atoms with E-state index in [0.29, 0.717) is 5.02 Å². The van der Waals surface area contributed by atoms with E-state index in [0.717, 1.165) is 31.9 Å². The van der Waals surface area contributed by atoms with Crippen LogP contribution >= 0.6 is 11.6 Å². The van der Waals surface area contributed by atoms with E-state index < -0.39 is 0 Å². The molecule has 1 amide bonds. The second-order valence-electron chi connectivity index (χ2n) is 6.49. The van der Waals surface area contributed by atoms with Gasteiger partial charge < -0.3 is 10.2 Å². The maximum atomic E-state index is 12.5. The molecule has 3 rings (SSSR count). The molecular weight excluding hydrogens is 334 g/mol. The Labute approximate surface area is 154 Å². The minimum atomic E-state index is -0.169. The predicted molar refractivity (Wildman–Crippen MR) is 105 cm³/mol. The zero-order valence-corrected chi connectivity index (χ0v) is 15.5. The summed E-state index contributed by atoms with van der Waals surface area (Å²) in [5, 5.41) is 3.58. The van der Waals surface area contributed by atoms with Crippen LogP contribution in [0.2, 0.25) is 5.02 Å². The second kappa shape index (κ2) is 7.89. The number of halogens is 1. The van der Waals surface area contributed by atoms with Crippen molar-refractivity contribution in [2.75, 3.05) is 36.4 Å². The Morgan fingerprint density at radius 1 is 1.08 bits per heavy atom. The molecule has 2 aromatic rings. The molecule has 1 heterocycles. The second-order valence-corrected chi connectivity index (χ2v) is 6.92. The third-order valence-electron chi connectivity index (χ3n) is 4.79. The van der Waals surface area contributed by atoms with Gasteiger partial charge in [-0.05, 0) is 43.7 Å². The predicted octanol–water partition coefficient (Wildman–Crippen LogP) is 3.80. The van der Waals surface area contributed by atoms with Gasteiger partial charge in [-0.1, -0.05) is 35.9 Å². The molecule has 0 saturated carbocycles. The van der Waals surface area contributed by atoms with Gasteiger partial charge in [-0.2, -0.15) is 0 Å². The van der Waals surface area contributed by atoms with Gasteiger partial charge in [-0.3, -0.25) is 9.69 Å². The van der Waals surface area contributed by atoms with Gasteiger partial charge in [0.1, 0.15) is 0 Å². The topological polar surface area (TPSA) is 35.6 Å². The summed E-state index contributed by atoms with van der Waals surface area (Å²) in [4.78, 5) is 17.1. The Morgan fingerprint density at radius 3 is 2.48 bits per heavy atom.